The van der Waals surface area contributed by atoms with E-state index in [0.717, 1.165) is 25.1 Å². The Bertz CT molecular complexity index is 562. The lowest BCUT2D eigenvalue weighted by atomic mass is 10.00. The van der Waals surface area contributed by atoms with Crippen LogP contribution in [0.15, 0.2) is 18.3 Å². The van der Waals surface area contributed by atoms with Gasteiger partial charge in [-0.15, -0.1) is 0 Å². The van der Waals surface area contributed by atoms with Crippen LogP contribution in [0.5, 0.6) is 0 Å². The number of rotatable bonds is 7. The molecule has 6 nitrogen and oxygen atoms in total. The minimum Gasteiger partial charge on any atom is -0.368 e. The third-order valence-electron chi connectivity index (χ3n) is 3.88. The highest BCUT2D eigenvalue weighted by Crippen LogP contribution is 2.28. The number of alkyl halides is 3. The Morgan fingerprint density at radius 2 is 2.08 bits per heavy atom. The van der Waals surface area contributed by atoms with Crippen molar-refractivity contribution >= 4 is 11.7 Å². The number of aromatic nitrogens is 1. The van der Waals surface area contributed by atoms with Crippen LogP contribution >= 0.6 is 0 Å². The van der Waals surface area contributed by atoms with Crippen LogP contribution in [0.2, 0.25) is 0 Å². The van der Waals surface area contributed by atoms with E-state index in [1.165, 1.54) is 6.07 Å². The van der Waals surface area contributed by atoms with E-state index >= 15 is 0 Å². The number of anilines is 1. The number of carbonyl (C=O) groups is 1. The number of nitrogens with zero attached hydrogens (tertiary/aromatic N) is 1. The molecule has 2 rings (SSSR count). The number of amides is 1. The number of carbonyl (C=O) groups excluding carboxylic acids is 1. The fraction of sp³-hybridized carbons (Fsp3) is 0.625. The predicted octanol–water partition coefficient (Wildman–Crippen LogP) is 1.91. The molecule has 1 aliphatic heterocycles. The van der Waals surface area contributed by atoms with Crippen molar-refractivity contribution in [2.45, 2.75) is 44.9 Å². The van der Waals surface area contributed by atoms with E-state index in [2.05, 4.69) is 40.3 Å². The van der Waals surface area contributed by atoms with Gasteiger partial charge >= 0.3 is 6.18 Å². The van der Waals surface area contributed by atoms with Gasteiger partial charge in [-0.05, 0) is 30.9 Å². The third kappa shape index (κ3) is 6.17. The molecule has 0 radical (unpaired) electrons. The van der Waals surface area contributed by atoms with Gasteiger partial charge in [0.1, 0.15) is 11.9 Å². The molecule has 4 N–H and O–H groups in total. The van der Waals surface area contributed by atoms with Gasteiger partial charge in [0, 0.05) is 25.3 Å². The standard InChI is InChI=1S/C16H24F3N5O/c1-10(2)7-12-8-13(24-23-12)15(25)21-6-5-20-14-4-3-11(9-22-14)16(17,18)19/h3-4,9-10,12-13,23-24H,5-8H2,1-2H3,(H,20,22)(H,21,25). The second-order valence-corrected chi connectivity index (χ2v) is 6.55. The zero-order chi connectivity index (χ0) is 18.4. The number of nitrogens with one attached hydrogen (secondary N) is 4. The molecule has 2 atom stereocenters. The van der Waals surface area contributed by atoms with E-state index in [0.29, 0.717) is 24.8 Å². The van der Waals surface area contributed by atoms with Gasteiger partial charge in [-0.1, -0.05) is 13.8 Å². The topological polar surface area (TPSA) is 78.1 Å². The Morgan fingerprint density at radius 1 is 1.32 bits per heavy atom. The van der Waals surface area contributed by atoms with Crippen molar-refractivity contribution in [2.75, 3.05) is 18.4 Å². The summed E-state index contributed by atoms with van der Waals surface area (Å²) in [5, 5.41) is 5.67. The van der Waals surface area contributed by atoms with Crippen molar-refractivity contribution < 1.29 is 18.0 Å². The minimum absolute atomic E-state index is 0.0964. The first kappa shape index (κ1) is 19.5. The largest absolute Gasteiger partial charge is 0.417 e. The molecule has 2 heterocycles. The maximum atomic E-state index is 12.4. The van der Waals surface area contributed by atoms with Crippen LogP contribution in [0.3, 0.4) is 0 Å². The van der Waals surface area contributed by atoms with E-state index < -0.39 is 11.7 Å². The lowest BCUT2D eigenvalue weighted by molar-refractivity contribution is -0.137. The summed E-state index contributed by atoms with van der Waals surface area (Å²) in [6.07, 6.45) is -1.88. The van der Waals surface area contributed by atoms with Gasteiger partial charge in [0.25, 0.3) is 0 Å². The Kier molecular flexibility index (Phi) is 6.60. The minimum atomic E-state index is -4.39. The molecular weight excluding hydrogens is 335 g/mol. The van der Waals surface area contributed by atoms with E-state index in [-0.39, 0.29) is 18.0 Å². The van der Waals surface area contributed by atoms with Crippen molar-refractivity contribution in [3.05, 3.63) is 23.9 Å². The zero-order valence-electron chi connectivity index (χ0n) is 14.3. The fourth-order valence-corrected chi connectivity index (χ4v) is 2.68. The molecule has 2 unspecified atom stereocenters. The van der Waals surface area contributed by atoms with E-state index in [1.807, 2.05) is 0 Å². The van der Waals surface area contributed by atoms with E-state index in [1.54, 1.807) is 0 Å². The van der Waals surface area contributed by atoms with Crippen LogP contribution in [0.4, 0.5) is 19.0 Å². The predicted molar refractivity (Wildman–Crippen MR) is 88.7 cm³/mol. The Morgan fingerprint density at radius 3 is 2.68 bits per heavy atom. The first-order valence-corrected chi connectivity index (χ1v) is 8.31. The first-order valence-electron chi connectivity index (χ1n) is 8.31. The molecule has 1 saturated heterocycles. The lowest BCUT2D eigenvalue weighted by Gasteiger charge is -2.12. The van der Waals surface area contributed by atoms with Crippen molar-refractivity contribution in [1.29, 1.82) is 0 Å². The van der Waals surface area contributed by atoms with Gasteiger partial charge in [0.05, 0.1) is 5.56 Å². The van der Waals surface area contributed by atoms with Crippen LogP contribution in [0.1, 0.15) is 32.3 Å². The monoisotopic (exact) mass is 359 g/mol. The maximum absolute atomic E-state index is 12.4. The van der Waals surface area contributed by atoms with Crippen molar-refractivity contribution in [3.8, 4) is 0 Å². The van der Waals surface area contributed by atoms with Crippen LogP contribution < -0.4 is 21.5 Å². The number of hydrazine groups is 1. The van der Waals surface area contributed by atoms with Crippen molar-refractivity contribution in [3.63, 3.8) is 0 Å². The second-order valence-electron chi connectivity index (χ2n) is 6.55. The molecule has 9 heteroatoms. The van der Waals surface area contributed by atoms with Gasteiger partial charge in [0.15, 0.2) is 0 Å². The highest BCUT2D eigenvalue weighted by molar-refractivity contribution is 5.82. The molecule has 1 aromatic heterocycles. The van der Waals surface area contributed by atoms with Crippen LogP contribution in [0, 0.1) is 5.92 Å². The summed E-state index contributed by atoms with van der Waals surface area (Å²) in [4.78, 5) is 15.8. The van der Waals surface area contributed by atoms with Crippen molar-refractivity contribution in [2.24, 2.45) is 5.92 Å². The van der Waals surface area contributed by atoms with E-state index in [9.17, 15) is 18.0 Å². The average Bonchev–Trinajstić information content (AvgIpc) is 2.98. The van der Waals surface area contributed by atoms with Gasteiger partial charge in [-0.2, -0.15) is 13.2 Å². The molecule has 140 valence electrons. The van der Waals surface area contributed by atoms with Crippen LogP contribution in [-0.2, 0) is 11.0 Å². The quantitative estimate of drug-likeness (QED) is 0.560. The molecule has 1 amide bonds. The summed E-state index contributed by atoms with van der Waals surface area (Å²) in [6.45, 7) is 5.00. The third-order valence-corrected chi connectivity index (χ3v) is 3.88. The number of halogens is 3. The highest BCUT2D eigenvalue weighted by atomic mass is 19.4. The molecular formula is C16H24F3N5O. The van der Waals surface area contributed by atoms with Crippen LogP contribution in [0.25, 0.3) is 0 Å². The number of pyridine rings is 1. The average molecular weight is 359 g/mol. The second kappa shape index (κ2) is 8.48. The summed E-state index contributed by atoms with van der Waals surface area (Å²) >= 11 is 0. The number of hydrogen-bond donors (Lipinski definition) is 4. The summed E-state index contributed by atoms with van der Waals surface area (Å²) in [5.41, 5.74) is 5.32. The summed E-state index contributed by atoms with van der Waals surface area (Å²) in [5.74, 6) is 0.794. The molecule has 0 saturated carbocycles. The zero-order valence-corrected chi connectivity index (χ0v) is 14.3. The highest BCUT2D eigenvalue weighted by Gasteiger charge is 2.31. The number of hydrogen-bond acceptors (Lipinski definition) is 5. The van der Waals surface area contributed by atoms with Crippen molar-refractivity contribution in [1.82, 2.24) is 21.2 Å². The fourth-order valence-electron chi connectivity index (χ4n) is 2.68. The lowest BCUT2D eigenvalue weighted by Crippen LogP contribution is -2.44. The Balaban J connectivity index is 1.67. The van der Waals surface area contributed by atoms with Gasteiger partial charge in [-0.3, -0.25) is 10.2 Å². The van der Waals surface area contributed by atoms with Crippen LogP contribution in [-0.4, -0.2) is 36.1 Å². The molecule has 0 spiro atoms. The Labute approximate surface area is 144 Å². The molecule has 1 fully saturated rings. The molecule has 0 aliphatic carbocycles. The molecule has 0 aromatic carbocycles. The van der Waals surface area contributed by atoms with Gasteiger partial charge in [0.2, 0.25) is 5.91 Å². The summed E-state index contributed by atoms with van der Waals surface area (Å²) in [7, 11) is 0. The Hall–Kier alpha value is -1.87. The van der Waals surface area contributed by atoms with Gasteiger partial charge < -0.3 is 10.6 Å². The van der Waals surface area contributed by atoms with E-state index in [4.69, 9.17) is 0 Å². The molecule has 25 heavy (non-hydrogen) atoms. The van der Waals surface area contributed by atoms with Gasteiger partial charge in [-0.25, -0.2) is 10.4 Å². The molecule has 1 aromatic rings. The smallest absolute Gasteiger partial charge is 0.368 e. The maximum Gasteiger partial charge on any atom is 0.417 e. The summed E-state index contributed by atoms with van der Waals surface area (Å²) in [6, 6.07) is 2.25. The molecule has 0 bridgehead atoms. The SMILES string of the molecule is CC(C)CC1CC(C(=O)NCCNc2ccc(C(F)(F)F)cn2)NN1. The summed E-state index contributed by atoms with van der Waals surface area (Å²) < 4.78 is 37.3. The first-order chi connectivity index (χ1) is 11.8. The molecule has 1 aliphatic rings. The normalized spacial score (nSPS) is 20.7.